The van der Waals surface area contributed by atoms with E-state index < -0.39 is 0 Å². The number of aromatic nitrogens is 1. The minimum Gasteiger partial charge on any atom is -0.486 e. The number of para-hydroxylation sites is 2. The van der Waals surface area contributed by atoms with Gasteiger partial charge in [-0.15, -0.1) is 0 Å². The Kier molecular flexibility index (Phi) is 4.23. The maximum Gasteiger partial charge on any atom is 0.272 e. The second kappa shape index (κ2) is 6.47. The molecule has 5 heteroatoms. The maximum absolute atomic E-state index is 12.5. The summed E-state index contributed by atoms with van der Waals surface area (Å²) in [6, 6.07) is 12.9. The van der Waals surface area contributed by atoms with E-state index in [1.54, 1.807) is 23.2 Å². The molecule has 114 valence electrons. The quantitative estimate of drug-likeness (QED) is 0.869. The number of carbonyl (C=O) groups is 1. The number of fused-ring (bicyclic) bond motifs is 1. The highest BCUT2D eigenvalue weighted by atomic mass is 16.6. The van der Waals surface area contributed by atoms with Crippen LogP contribution in [0.3, 0.4) is 0 Å². The zero-order chi connectivity index (χ0) is 15.4. The molecule has 0 N–H and O–H groups in total. The van der Waals surface area contributed by atoms with Crippen LogP contribution in [-0.4, -0.2) is 41.6 Å². The number of hydrogen-bond acceptors (Lipinski definition) is 4. The predicted molar refractivity (Wildman–Crippen MR) is 82.2 cm³/mol. The summed E-state index contributed by atoms with van der Waals surface area (Å²) in [5, 5.41) is 0. The van der Waals surface area contributed by atoms with Gasteiger partial charge in [-0.25, -0.2) is 0 Å². The third-order valence-electron chi connectivity index (χ3n) is 3.54. The van der Waals surface area contributed by atoms with Gasteiger partial charge >= 0.3 is 0 Å². The Morgan fingerprint density at radius 3 is 2.73 bits per heavy atom. The number of nitrogens with zero attached hydrogens (tertiary/aromatic N) is 2. The first-order chi connectivity index (χ1) is 10.8. The highest BCUT2D eigenvalue weighted by Gasteiger charge is 2.25. The highest BCUT2D eigenvalue weighted by Crippen LogP contribution is 2.31. The summed E-state index contributed by atoms with van der Waals surface area (Å²) < 4.78 is 11.6. The molecule has 0 saturated heterocycles. The SMILES string of the molecule is CCN(CC1COc2ccccc2O1)C(=O)c1ccccn1. The molecule has 1 unspecified atom stereocenters. The summed E-state index contributed by atoms with van der Waals surface area (Å²) in [5.74, 6) is 1.38. The van der Waals surface area contributed by atoms with Crippen LogP contribution >= 0.6 is 0 Å². The second-order valence-electron chi connectivity index (χ2n) is 5.06. The van der Waals surface area contributed by atoms with Gasteiger partial charge in [-0.05, 0) is 31.2 Å². The Hall–Kier alpha value is -2.56. The average molecular weight is 298 g/mol. The Bertz CT molecular complexity index is 645. The van der Waals surface area contributed by atoms with Gasteiger partial charge in [0, 0.05) is 12.7 Å². The standard InChI is InChI=1S/C17H18N2O3/c1-2-19(17(20)14-7-5-6-10-18-14)11-13-12-21-15-8-3-4-9-16(15)22-13/h3-10,13H,2,11-12H2,1H3. The molecule has 3 rings (SSSR count). The number of carbonyl (C=O) groups excluding carboxylic acids is 1. The van der Waals surface area contributed by atoms with Crippen molar-refractivity contribution in [3.63, 3.8) is 0 Å². The number of rotatable bonds is 4. The van der Waals surface area contributed by atoms with Gasteiger partial charge in [0.05, 0.1) is 6.54 Å². The van der Waals surface area contributed by atoms with E-state index in [0.717, 1.165) is 11.5 Å². The van der Waals surface area contributed by atoms with Crippen molar-refractivity contribution in [3.8, 4) is 11.5 Å². The molecule has 1 aliphatic heterocycles. The fourth-order valence-corrected chi connectivity index (χ4v) is 2.41. The van der Waals surface area contributed by atoms with E-state index in [1.165, 1.54) is 0 Å². The monoisotopic (exact) mass is 298 g/mol. The molecule has 0 radical (unpaired) electrons. The van der Waals surface area contributed by atoms with Crippen LogP contribution in [0.25, 0.3) is 0 Å². The first kappa shape index (κ1) is 14.4. The molecule has 2 heterocycles. The highest BCUT2D eigenvalue weighted by molar-refractivity contribution is 5.92. The lowest BCUT2D eigenvalue weighted by Crippen LogP contribution is -2.43. The van der Waals surface area contributed by atoms with Crippen molar-refractivity contribution in [1.29, 1.82) is 0 Å². The molecule has 0 bridgehead atoms. The van der Waals surface area contributed by atoms with E-state index in [1.807, 2.05) is 37.3 Å². The van der Waals surface area contributed by atoms with Crippen LogP contribution < -0.4 is 9.47 Å². The summed E-state index contributed by atoms with van der Waals surface area (Å²) in [6.07, 6.45) is 1.44. The van der Waals surface area contributed by atoms with Crippen LogP contribution in [0.15, 0.2) is 48.7 Å². The molecule has 1 aliphatic rings. The minimum absolute atomic E-state index is 0.0921. The number of pyridine rings is 1. The van der Waals surface area contributed by atoms with Crippen molar-refractivity contribution < 1.29 is 14.3 Å². The number of likely N-dealkylation sites (N-methyl/N-ethyl adjacent to an activating group) is 1. The van der Waals surface area contributed by atoms with Crippen molar-refractivity contribution in [1.82, 2.24) is 9.88 Å². The number of hydrogen-bond donors (Lipinski definition) is 0. The van der Waals surface area contributed by atoms with Gasteiger partial charge in [0.2, 0.25) is 0 Å². The Labute approximate surface area is 129 Å². The van der Waals surface area contributed by atoms with E-state index in [2.05, 4.69) is 4.98 Å². The minimum atomic E-state index is -0.178. The van der Waals surface area contributed by atoms with Crippen molar-refractivity contribution in [2.24, 2.45) is 0 Å². The normalized spacial score (nSPS) is 16.1. The fourth-order valence-electron chi connectivity index (χ4n) is 2.41. The Morgan fingerprint density at radius 2 is 2.00 bits per heavy atom. The summed E-state index contributed by atoms with van der Waals surface area (Å²) >= 11 is 0. The van der Waals surface area contributed by atoms with Gasteiger partial charge in [-0.1, -0.05) is 18.2 Å². The molecule has 0 saturated carbocycles. The molecule has 1 atom stereocenters. The van der Waals surface area contributed by atoms with E-state index in [9.17, 15) is 4.79 Å². The van der Waals surface area contributed by atoms with E-state index in [4.69, 9.17) is 9.47 Å². The zero-order valence-corrected chi connectivity index (χ0v) is 12.4. The molecule has 0 aliphatic carbocycles. The van der Waals surface area contributed by atoms with Crippen LogP contribution in [0, 0.1) is 0 Å². The number of benzene rings is 1. The van der Waals surface area contributed by atoms with Gasteiger partial charge in [-0.3, -0.25) is 9.78 Å². The second-order valence-corrected chi connectivity index (χ2v) is 5.06. The van der Waals surface area contributed by atoms with Gasteiger partial charge in [0.1, 0.15) is 12.3 Å². The first-order valence-electron chi connectivity index (χ1n) is 7.36. The molecule has 1 amide bonds. The average Bonchev–Trinajstić information content (AvgIpc) is 2.59. The molecular weight excluding hydrogens is 280 g/mol. The Morgan fingerprint density at radius 1 is 1.23 bits per heavy atom. The van der Waals surface area contributed by atoms with Crippen LogP contribution in [0.1, 0.15) is 17.4 Å². The lowest BCUT2D eigenvalue weighted by Gasteiger charge is -2.30. The summed E-state index contributed by atoms with van der Waals surface area (Å²) in [4.78, 5) is 18.3. The molecule has 0 spiro atoms. The topological polar surface area (TPSA) is 51.7 Å². The van der Waals surface area contributed by atoms with Gasteiger partial charge < -0.3 is 14.4 Å². The summed E-state index contributed by atoms with van der Waals surface area (Å²) in [5.41, 5.74) is 0.446. The smallest absolute Gasteiger partial charge is 0.272 e. The Balaban J connectivity index is 1.68. The van der Waals surface area contributed by atoms with Gasteiger partial charge in [-0.2, -0.15) is 0 Å². The van der Waals surface area contributed by atoms with Crippen LogP contribution in [0.2, 0.25) is 0 Å². The van der Waals surface area contributed by atoms with Crippen molar-refractivity contribution in [2.75, 3.05) is 19.7 Å². The summed E-state index contributed by atoms with van der Waals surface area (Å²) in [6.45, 7) is 3.44. The molecule has 1 aromatic heterocycles. The van der Waals surface area contributed by atoms with Gasteiger partial charge in [0.25, 0.3) is 5.91 Å². The molecular formula is C17H18N2O3. The predicted octanol–water partition coefficient (Wildman–Crippen LogP) is 2.38. The largest absolute Gasteiger partial charge is 0.486 e. The van der Waals surface area contributed by atoms with Crippen molar-refractivity contribution in [3.05, 3.63) is 54.4 Å². The lowest BCUT2D eigenvalue weighted by molar-refractivity contribution is 0.0471. The molecule has 5 nitrogen and oxygen atoms in total. The third-order valence-corrected chi connectivity index (χ3v) is 3.54. The fraction of sp³-hybridized carbons (Fsp3) is 0.294. The summed E-state index contributed by atoms with van der Waals surface area (Å²) in [7, 11) is 0. The number of amides is 1. The van der Waals surface area contributed by atoms with Crippen molar-refractivity contribution in [2.45, 2.75) is 13.0 Å². The zero-order valence-electron chi connectivity index (χ0n) is 12.4. The van der Waals surface area contributed by atoms with E-state index >= 15 is 0 Å². The first-order valence-corrected chi connectivity index (χ1v) is 7.36. The maximum atomic E-state index is 12.5. The van der Waals surface area contributed by atoms with Crippen LogP contribution in [0.4, 0.5) is 0 Å². The van der Waals surface area contributed by atoms with Crippen molar-refractivity contribution >= 4 is 5.91 Å². The van der Waals surface area contributed by atoms with Crippen LogP contribution in [-0.2, 0) is 0 Å². The molecule has 1 aromatic carbocycles. The van der Waals surface area contributed by atoms with Gasteiger partial charge in [0.15, 0.2) is 17.6 Å². The molecule has 22 heavy (non-hydrogen) atoms. The van der Waals surface area contributed by atoms with E-state index in [-0.39, 0.29) is 12.0 Å². The third kappa shape index (κ3) is 3.03. The molecule has 2 aromatic rings. The van der Waals surface area contributed by atoms with E-state index in [0.29, 0.717) is 25.4 Å². The number of ether oxygens (including phenoxy) is 2. The molecule has 0 fully saturated rings. The lowest BCUT2D eigenvalue weighted by atomic mass is 10.2. The van der Waals surface area contributed by atoms with Crippen LogP contribution in [0.5, 0.6) is 11.5 Å².